The number of hydrogen-bond donors (Lipinski definition) is 3. The fourth-order valence-electron chi connectivity index (χ4n) is 4.09. The second-order valence-corrected chi connectivity index (χ2v) is 8.66. The van der Waals surface area contributed by atoms with Gasteiger partial charge in [-0.15, -0.1) is 13.2 Å². The van der Waals surface area contributed by atoms with E-state index in [2.05, 4.69) is 13.2 Å². The average Bonchev–Trinajstić information content (AvgIpc) is 2.92. The molecule has 0 atom stereocenters. The molecule has 0 radical (unpaired) electrons. The zero-order valence-electron chi connectivity index (χ0n) is 21.0. The van der Waals surface area contributed by atoms with Crippen LogP contribution in [0.25, 0.3) is 21.9 Å². The number of benzene rings is 2. The lowest BCUT2D eigenvalue weighted by Gasteiger charge is -2.17. The second kappa shape index (κ2) is 11.7. The maximum Gasteiger partial charge on any atom is 0.371 e. The number of aromatic carboxylic acids is 2. The van der Waals surface area contributed by atoms with Gasteiger partial charge in [-0.3, -0.25) is 9.59 Å². The molecule has 40 heavy (non-hydrogen) atoms. The van der Waals surface area contributed by atoms with E-state index in [0.29, 0.717) is 11.1 Å². The third-order valence-corrected chi connectivity index (χ3v) is 5.90. The van der Waals surface area contributed by atoms with Crippen LogP contribution in [0, 0.1) is 0 Å². The molecule has 2 heterocycles. The Kier molecular flexibility index (Phi) is 8.15. The van der Waals surface area contributed by atoms with E-state index in [1.165, 1.54) is 36.4 Å². The molecule has 4 aromatic rings. The molecule has 0 fully saturated rings. The van der Waals surface area contributed by atoms with Crippen molar-refractivity contribution in [3.8, 4) is 11.5 Å². The van der Waals surface area contributed by atoms with E-state index in [0.717, 1.165) is 12.1 Å². The smallest absolute Gasteiger partial charge is 0.371 e. The predicted molar refractivity (Wildman–Crippen MR) is 144 cm³/mol. The lowest BCUT2D eigenvalue weighted by Crippen LogP contribution is -2.25. The molecule has 0 saturated heterocycles. The van der Waals surface area contributed by atoms with Gasteiger partial charge in [0.25, 0.3) is 0 Å². The van der Waals surface area contributed by atoms with Gasteiger partial charge in [0.1, 0.15) is 42.0 Å². The molecule has 0 aliphatic rings. The summed E-state index contributed by atoms with van der Waals surface area (Å²) in [6.45, 7) is 6.86. The van der Waals surface area contributed by atoms with Gasteiger partial charge in [0.2, 0.25) is 11.5 Å². The second-order valence-electron chi connectivity index (χ2n) is 8.66. The van der Waals surface area contributed by atoms with Crippen LogP contribution in [0.2, 0.25) is 0 Å². The topological polar surface area (TPSA) is 174 Å². The summed E-state index contributed by atoms with van der Waals surface area (Å²) in [4.78, 5) is 47.5. The van der Waals surface area contributed by atoms with E-state index in [4.69, 9.17) is 18.3 Å². The summed E-state index contributed by atoms with van der Waals surface area (Å²) in [5.74, 6) is -3.34. The van der Waals surface area contributed by atoms with E-state index in [9.17, 15) is 34.5 Å². The van der Waals surface area contributed by atoms with Crippen molar-refractivity contribution in [2.24, 2.45) is 0 Å². The van der Waals surface area contributed by atoms with Crippen LogP contribution < -0.4 is 20.3 Å². The van der Waals surface area contributed by atoms with Crippen LogP contribution in [-0.4, -0.2) is 46.6 Å². The molecule has 0 aliphatic heterocycles. The zero-order chi connectivity index (χ0) is 29.0. The molecular weight excluding hydrogens is 524 g/mol. The van der Waals surface area contributed by atoms with E-state index < -0.39 is 40.4 Å². The standard InChI is InChI=1S/C29H24O11/c1-3-5-18-22(9-7-16-20(31)11-24(28(33)34)39-26(16)18)37-13-15(30)14-38-23-10-8-17-21(32)12-25(29(35)36)40-27(17)19(23)6-4-2/h3-4,7-12,15,30H,1-2,5-6,13-14H2,(H,33,34)(H,35,36). The molecule has 2 aromatic carbocycles. The maximum absolute atomic E-state index is 12.4. The lowest BCUT2D eigenvalue weighted by molar-refractivity contribution is 0.0621. The van der Waals surface area contributed by atoms with Gasteiger partial charge < -0.3 is 33.6 Å². The molecule has 0 amide bonds. The summed E-state index contributed by atoms with van der Waals surface area (Å²) in [5, 5.41) is 29.4. The third-order valence-electron chi connectivity index (χ3n) is 5.90. The van der Waals surface area contributed by atoms with Crippen LogP contribution >= 0.6 is 0 Å². The van der Waals surface area contributed by atoms with Gasteiger partial charge in [-0.2, -0.15) is 0 Å². The first-order valence-corrected chi connectivity index (χ1v) is 12.0. The maximum atomic E-state index is 12.4. The van der Waals surface area contributed by atoms with Crippen LogP contribution in [-0.2, 0) is 12.8 Å². The lowest BCUT2D eigenvalue weighted by atomic mass is 10.1. The minimum Gasteiger partial charge on any atom is -0.490 e. The first-order valence-electron chi connectivity index (χ1n) is 12.0. The van der Waals surface area contributed by atoms with Gasteiger partial charge in [-0.25, -0.2) is 9.59 Å². The number of allylic oxidation sites excluding steroid dienone is 2. The monoisotopic (exact) mass is 548 g/mol. The molecule has 0 spiro atoms. The van der Waals surface area contributed by atoms with Crippen LogP contribution in [0.5, 0.6) is 11.5 Å². The summed E-state index contributed by atoms with van der Waals surface area (Å²) in [7, 11) is 0. The Hall–Kier alpha value is -5.16. The van der Waals surface area contributed by atoms with Crippen LogP contribution in [0.4, 0.5) is 0 Å². The Balaban J connectivity index is 1.57. The van der Waals surface area contributed by atoms with Gasteiger partial charge in [0, 0.05) is 23.3 Å². The third kappa shape index (κ3) is 5.64. The van der Waals surface area contributed by atoms with Crippen molar-refractivity contribution in [3.05, 3.63) is 105 Å². The first kappa shape index (κ1) is 27.9. The highest BCUT2D eigenvalue weighted by Crippen LogP contribution is 2.30. The number of carboxylic acids is 2. The fraction of sp³-hybridized carbons (Fsp3) is 0.172. The summed E-state index contributed by atoms with van der Waals surface area (Å²) in [5.41, 5.74) is -0.205. The fourth-order valence-corrected chi connectivity index (χ4v) is 4.09. The Morgan fingerprint density at radius 1 is 0.775 bits per heavy atom. The number of carbonyl (C=O) groups is 2. The van der Waals surface area contributed by atoms with Gasteiger partial charge >= 0.3 is 11.9 Å². The molecule has 0 saturated carbocycles. The Bertz CT molecular complexity index is 1630. The van der Waals surface area contributed by atoms with Crippen LogP contribution in [0.1, 0.15) is 32.2 Å². The minimum atomic E-state index is -1.40. The molecular formula is C29H24O11. The van der Waals surface area contributed by atoms with Crippen molar-refractivity contribution in [2.75, 3.05) is 13.2 Å². The first-order chi connectivity index (χ1) is 19.1. The number of hydrogen-bond acceptors (Lipinski definition) is 9. The van der Waals surface area contributed by atoms with Gasteiger partial charge in [-0.1, -0.05) is 12.2 Å². The average molecular weight is 549 g/mol. The number of aliphatic hydroxyl groups is 1. The zero-order valence-corrected chi connectivity index (χ0v) is 21.0. The summed E-state index contributed by atoms with van der Waals surface area (Å²) in [6.07, 6.45) is 2.29. The van der Waals surface area contributed by atoms with Gasteiger partial charge in [0.05, 0.1) is 10.8 Å². The van der Waals surface area contributed by atoms with Crippen LogP contribution in [0.3, 0.4) is 0 Å². The number of carboxylic acid groups (broad SMARTS) is 2. The Labute approximate surface area is 225 Å². The van der Waals surface area contributed by atoms with E-state index in [-0.39, 0.29) is 59.5 Å². The van der Waals surface area contributed by atoms with Crippen molar-refractivity contribution < 1.29 is 43.2 Å². The quantitative estimate of drug-likeness (QED) is 0.221. The number of fused-ring (bicyclic) bond motifs is 2. The molecule has 4 rings (SSSR count). The van der Waals surface area contributed by atoms with Crippen molar-refractivity contribution >= 4 is 33.9 Å². The van der Waals surface area contributed by atoms with Gasteiger partial charge in [-0.05, 0) is 37.1 Å². The van der Waals surface area contributed by atoms with E-state index in [1.807, 2.05) is 0 Å². The minimum absolute atomic E-state index is 0.0421. The highest BCUT2D eigenvalue weighted by Gasteiger charge is 2.19. The molecule has 206 valence electrons. The number of ether oxygens (including phenoxy) is 2. The SMILES string of the molecule is C=CCc1c(OCC(O)COc2ccc3c(=O)cc(C(=O)O)oc3c2CC=C)ccc2c(=O)cc(C(=O)O)oc12. The van der Waals surface area contributed by atoms with Crippen molar-refractivity contribution in [3.63, 3.8) is 0 Å². The predicted octanol–water partition coefficient (Wildman–Crippen LogP) is 3.57. The summed E-state index contributed by atoms with van der Waals surface area (Å²) >= 11 is 0. The summed E-state index contributed by atoms with van der Waals surface area (Å²) in [6, 6.07) is 7.69. The molecule has 0 aliphatic carbocycles. The normalized spacial score (nSPS) is 11.1. The molecule has 2 aromatic heterocycles. The largest absolute Gasteiger partial charge is 0.490 e. The Morgan fingerprint density at radius 2 is 1.18 bits per heavy atom. The van der Waals surface area contributed by atoms with Crippen LogP contribution in [0.15, 0.2) is 80.1 Å². The molecule has 11 heteroatoms. The highest BCUT2D eigenvalue weighted by atomic mass is 16.5. The van der Waals surface area contributed by atoms with E-state index >= 15 is 0 Å². The molecule has 0 unspecified atom stereocenters. The van der Waals surface area contributed by atoms with E-state index in [1.54, 1.807) is 0 Å². The number of aliphatic hydroxyl groups excluding tert-OH is 1. The molecule has 11 nitrogen and oxygen atoms in total. The highest BCUT2D eigenvalue weighted by molar-refractivity contribution is 5.90. The molecule has 0 bridgehead atoms. The molecule has 3 N–H and O–H groups in total. The van der Waals surface area contributed by atoms with Crippen molar-refractivity contribution in [2.45, 2.75) is 18.9 Å². The number of rotatable bonds is 12. The van der Waals surface area contributed by atoms with Crippen molar-refractivity contribution in [1.82, 2.24) is 0 Å². The van der Waals surface area contributed by atoms with Gasteiger partial charge in [0.15, 0.2) is 10.9 Å². The summed E-state index contributed by atoms with van der Waals surface area (Å²) < 4.78 is 22.4. The van der Waals surface area contributed by atoms with Crippen molar-refractivity contribution in [1.29, 1.82) is 0 Å². The Morgan fingerprint density at radius 3 is 1.52 bits per heavy atom.